The highest BCUT2D eigenvalue weighted by Gasteiger charge is 2.59. The maximum Gasteiger partial charge on any atom is 0.323 e. The minimum Gasteiger partial charge on any atom is -0.493 e. The standard InChI is InChI=1S/C21H26O6/c1-24-17-10-13-12-21(19(22)26-3,20(23)27-4)16-9-7-5-6-8-14(16)15(13)11-18(17)25-2/h6,8,10-11,14,16H,5,7,9,12H2,1-4H3/t14-,16-/m1/s1. The van der Waals surface area contributed by atoms with E-state index in [9.17, 15) is 9.59 Å². The Morgan fingerprint density at radius 3 is 2.22 bits per heavy atom. The predicted octanol–water partition coefficient (Wildman–Crippen LogP) is 3.03. The Bertz CT molecular complexity index is 750. The van der Waals surface area contributed by atoms with Gasteiger partial charge in [0.05, 0.1) is 28.4 Å². The number of esters is 2. The summed E-state index contributed by atoms with van der Waals surface area (Å²) in [5.41, 5.74) is 0.561. The largest absolute Gasteiger partial charge is 0.493 e. The SMILES string of the molecule is COC(=O)C1(C(=O)OC)Cc2cc(OC)c(OC)cc2[C@H]2C=CCCC[C@H]21. The highest BCUT2D eigenvalue weighted by molar-refractivity contribution is 6.01. The lowest BCUT2D eigenvalue weighted by Crippen LogP contribution is -2.52. The van der Waals surface area contributed by atoms with Crippen LogP contribution in [0.15, 0.2) is 24.3 Å². The van der Waals surface area contributed by atoms with Crippen molar-refractivity contribution in [2.24, 2.45) is 11.3 Å². The number of allylic oxidation sites excluding steroid dienone is 2. The third-order valence-electron chi connectivity index (χ3n) is 5.87. The second kappa shape index (κ2) is 7.62. The van der Waals surface area contributed by atoms with Crippen LogP contribution in [0, 0.1) is 11.3 Å². The Balaban J connectivity index is 2.26. The summed E-state index contributed by atoms with van der Waals surface area (Å²) in [6, 6.07) is 3.81. The van der Waals surface area contributed by atoms with E-state index < -0.39 is 17.4 Å². The first-order valence-electron chi connectivity index (χ1n) is 9.11. The van der Waals surface area contributed by atoms with Crippen LogP contribution >= 0.6 is 0 Å². The van der Waals surface area contributed by atoms with Crippen LogP contribution in [-0.4, -0.2) is 40.4 Å². The normalized spacial score (nSPS) is 22.7. The first-order valence-corrected chi connectivity index (χ1v) is 9.11. The molecule has 2 atom stereocenters. The van der Waals surface area contributed by atoms with E-state index in [0.29, 0.717) is 11.5 Å². The topological polar surface area (TPSA) is 71.1 Å². The van der Waals surface area contributed by atoms with Gasteiger partial charge in [0.15, 0.2) is 16.9 Å². The van der Waals surface area contributed by atoms with Crippen LogP contribution in [0.1, 0.15) is 36.3 Å². The van der Waals surface area contributed by atoms with Gasteiger partial charge in [-0.05, 0) is 54.9 Å². The van der Waals surface area contributed by atoms with Crippen molar-refractivity contribution in [3.05, 3.63) is 35.4 Å². The van der Waals surface area contributed by atoms with Crippen LogP contribution < -0.4 is 9.47 Å². The van der Waals surface area contributed by atoms with E-state index in [1.54, 1.807) is 14.2 Å². The Morgan fingerprint density at radius 2 is 1.63 bits per heavy atom. The molecule has 0 amide bonds. The molecule has 0 radical (unpaired) electrons. The maximum atomic E-state index is 12.9. The van der Waals surface area contributed by atoms with Gasteiger partial charge in [-0.2, -0.15) is 0 Å². The molecule has 0 saturated carbocycles. The molecule has 0 saturated heterocycles. The number of hydrogen-bond donors (Lipinski definition) is 0. The molecule has 0 fully saturated rings. The third-order valence-corrected chi connectivity index (χ3v) is 5.87. The zero-order valence-corrected chi connectivity index (χ0v) is 16.2. The first-order chi connectivity index (χ1) is 13.0. The minimum absolute atomic E-state index is 0.103. The lowest BCUT2D eigenvalue weighted by Gasteiger charge is -2.44. The van der Waals surface area contributed by atoms with Crippen molar-refractivity contribution in [3.63, 3.8) is 0 Å². The number of carbonyl (C=O) groups excluding carboxylic acids is 2. The van der Waals surface area contributed by atoms with Crippen LogP contribution in [0.5, 0.6) is 11.5 Å². The molecule has 1 aromatic rings. The fourth-order valence-corrected chi connectivity index (χ4v) is 4.61. The molecule has 0 N–H and O–H groups in total. The second-order valence-corrected chi connectivity index (χ2v) is 7.03. The Morgan fingerprint density at radius 1 is 1.00 bits per heavy atom. The van der Waals surface area contributed by atoms with Crippen molar-refractivity contribution in [3.8, 4) is 11.5 Å². The van der Waals surface area contributed by atoms with Crippen molar-refractivity contribution in [1.29, 1.82) is 0 Å². The van der Waals surface area contributed by atoms with Gasteiger partial charge >= 0.3 is 11.9 Å². The highest BCUT2D eigenvalue weighted by Crippen LogP contribution is 2.54. The van der Waals surface area contributed by atoms with E-state index >= 15 is 0 Å². The summed E-state index contributed by atoms with van der Waals surface area (Å²) >= 11 is 0. The van der Waals surface area contributed by atoms with E-state index in [4.69, 9.17) is 18.9 Å². The fourth-order valence-electron chi connectivity index (χ4n) is 4.61. The molecule has 0 bridgehead atoms. The minimum atomic E-state index is -1.37. The lowest BCUT2D eigenvalue weighted by atomic mass is 9.58. The van der Waals surface area contributed by atoms with Crippen molar-refractivity contribution >= 4 is 11.9 Å². The molecule has 0 unspecified atom stereocenters. The lowest BCUT2D eigenvalue weighted by molar-refractivity contribution is -0.175. The second-order valence-electron chi connectivity index (χ2n) is 7.03. The molecule has 1 aromatic carbocycles. The number of fused-ring (bicyclic) bond motifs is 3. The van der Waals surface area contributed by atoms with Crippen molar-refractivity contribution < 1.29 is 28.5 Å². The predicted molar refractivity (Wildman–Crippen MR) is 98.9 cm³/mol. The summed E-state index contributed by atoms with van der Waals surface area (Å²) in [5, 5.41) is 0. The number of methoxy groups -OCH3 is 4. The molecule has 3 rings (SSSR count). The summed E-state index contributed by atoms with van der Waals surface area (Å²) < 4.78 is 21.1. The van der Waals surface area contributed by atoms with Gasteiger partial charge in [0.2, 0.25) is 0 Å². The molecule has 6 heteroatoms. The van der Waals surface area contributed by atoms with Gasteiger partial charge in [-0.3, -0.25) is 9.59 Å². The molecule has 2 aliphatic rings. The first kappa shape index (κ1) is 19.3. The van der Waals surface area contributed by atoms with Gasteiger partial charge in [0.1, 0.15) is 0 Å². The van der Waals surface area contributed by atoms with Crippen LogP contribution in [-0.2, 0) is 25.5 Å². The number of carbonyl (C=O) groups is 2. The van der Waals surface area contributed by atoms with Gasteiger partial charge < -0.3 is 18.9 Å². The maximum absolute atomic E-state index is 12.9. The number of rotatable bonds is 4. The Kier molecular flexibility index (Phi) is 5.44. The molecular formula is C21H26O6. The molecule has 0 heterocycles. The smallest absolute Gasteiger partial charge is 0.323 e. The zero-order chi connectivity index (χ0) is 19.6. The molecule has 0 aliphatic heterocycles. The summed E-state index contributed by atoms with van der Waals surface area (Å²) in [6.45, 7) is 0. The summed E-state index contributed by atoms with van der Waals surface area (Å²) in [4.78, 5) is 25.9. The molecule has 2 aliphatic carbocycles. The monoisotopic (exact) mass is 374 g/mol. The van der Waals surface area contributed by atoms with Crippen LogP contribution in [0.2, 0.25) is 0 Å². The summed E-state index contributed by atoms with van der Waals surface area (Å²) in [5.74, 6) is -0.219. The van der Waals surface area contributed by atoms with E-state index in [2.05, 4.69) is 12.2 Å². The Hall–Kier alpha value is -2.50. The van der Waals surface area contributed by atoms with Gasteiger partial charge in [0, 0.05) is 5.92 Å². The van der Waals surface area contributed by atoms with E-state index in [1.807, 2.05) is 12.1 Å². The zero-order valence-electron chi connectivity index (χ0n) is 16.2. The van der Waals surface area contributed by atoms with Crippen molar-refractivity contribution in [2.75, 3.05) is 28.4 Å². The van der Waals surface area contributed by atoms with Gasteiger partial charge in [0.25, 0.3) is 0 Å². The molecule has 27 heavy (non-hydrogen) atoms. The van der Waals surface area contributed by atoms with E-state index in [-0.39, 0.29) is 18.3 Å². The summed E-state index contributed by atoms with van der Waals surface area (Å²) in [7, 11) is 5.80. The number of ether oxygens (including phenoxy) is 4. The fraction of sp³-hybridized carbons (Fsp3) is 0.524. The average Bonchev–Trinajstić information content (AvgIpc) is 2.97. The highest BCUT2D eigenvalue weighted by atomic mass is 16.5. The number of hydrogen-bond acceptors (Lipinski definition) is 6. The molecule has 6 nitrogen and oxygen atoms in total. The van der Waals surface area contributed by atoms with Crippen LogP contribution in [0.25, 0.3) is 0 Å². The van der Waals surface area contributed by atoms with Crippen molar-refractivity contribution in [2.45, 2.75) is 31.6 Å². The van der Waals surface area contributed by atoms with Gasteiger partial charge in [-0.15, -0.1) is 0 Å². The quantitative estimate of drug-likeness (QED) is 0.458. The third kappa shape index (κ3) is 2.97. The molecule has 0 spiro atoms. The number of benzene rings is 1. The van der Waals surface area contributed by atoms with Crippen LogP contribution in [0.4, 0.5) is 0 Å². The van der Waals surface area contributed by atoms with E-state index in [0.717, 1.165) is 30.4 Å². The summed E-state index contributed by atoms with van der Waals surface area (Å²) in [6.07, 6.45) is 6.98. The van der Waals surface area contributed by atoms with Gasteiger partial charge in [-0.25, -0.2) is 0 Å². The van der Waals surface area contributed by atoms with Gasteiger partial charge in [-0.1, -0.05) is 12.2 Å². The molecular weight excluding hydrogens is 348 g/mol. The average molecular weight is 374 g/mol. The molecule has 146 valence electrons. The van der Waals surface area contributed by atoms with Crippen molar-refractivity contribution in [1.82, 2.24) is 0 Å². The molecule has 0 aromatic heterocycles. The Labute approximate surface area is 159 Å². The van der Waals surface area contributed by atoms with Crippen LogP contribution in [0.3, 0.4) is 0 Å². The van der Waals surface area contributed by atoms with E-state index in [1.165, 1.54) is 14.2 Å².